The molecule has 0 bridgehead atoms. The summed E-state index contributed by atoms with van der Waals surface area (Å²) in [7, 11) is 0. The summed E-state index contributed by atoms with van der Waals surface area (Å²) in [6.45, 7) is 3.47. The Balaban J connectivity index is 1.92. The Kier molecular flexibility index (Phi) is 9.42. The Morgan fingerprint density at radius 1 is 1.06 bits per heavy atom. The van der Waals surface area contributed by atoms with Gasteiger partial charge >= 0.3 is 5.97 Å². The molecular weight excluding hydrogens is 408 g/mol. The van der Waals surface area contributed by atoms with Crippen molar-refractivity contribution in [3.05, 3.63) is 58.6 Å². The van der Waals surface area contributed by atoms with Crippen LogP contribution in [0.1, 0.15) is 19.8 Å². The summed E-state index contributed by atoms with van der Waals surface area (Å²) in [6, 6.07) is 13.3. The lowest BCUT2D eigenvalue weighted by Crippen LogP contribution is -2.29. The first kappa shape index (κ1) is 24.1. The van der Waals surface area contributed by atoms with Gasteiger partial charge in [0, 0.05) is 37.2 Å². The van der Waals surface area contributed by atoms with Gasteiger partial charge in [-0.2, -0.15) is 10.2 Å². The number of hydrogen-bond acceptors (Lipinski definition) is 7. The van der Waals surface area contributed by atoms with Crippen molar-refractivity contribution in [2.75, 3.05) is 24.6 Å². The van der Waals surface area contributed by atoms with Crippen LogP contribution < -0.4 is 4.90 Å². The molecule has 164 valence electrons. The Hall–Kier alpha value is -4.17. The van der Waals surface area contributed by atoms with Gasteiger partial charge in [-0.1, -0.05) is 0 Å². The van der Waals surface area contributed by atoms with Crippen LogP contribution in [-0.2, 0) is 9.53 Å². The number of terminal acetylenes is 2. The number of likely N-dealkylation sites (N-methyl/N-ethyl adjacent to an activating group) is 1. The molecule has 0 unspecified atom stereocenters. The molecule has 2 aromatic carbocycles. The molecule has 0 amide bonds. The van der Waals surface area contributed by atoms with Crippen LogP contribution in [0.15, 0.2) is 58.8 Å². The normalized spacial score (nSPS) is 10.5. The van der Waals surface area contributed by atoms with Crippen molar-refractivity contribution in [3.8, 4) is 24.7 Å². The van der Waals surface area contributed by atoms with Gasteiger partial charge in [0.25, 0.3) is 5.69 Å². The predicted octanol–water partition coefficient (Wildman–Crippen LogP) is 5.04. The van der Waals surface area contributed by atoms with Gasteiger partial charge in [-0.05, 0) is 43.3 Å². The van der Waals surface area contributed by atoms with Gasteiger partial charge in [0.1, 0.15) is 6.61 Å². The molecule has 2 aromatic rings. The number of carbonyl (C=O) groups is 1. The van der Waals surface area contributed by atoms with E-state index in [2.05, 4.69) is 27.0 Å². The van der Waals surface area contributed by atoms with Crippen LogP contribution in [0.5, 0.6) is 0 Å². The average molecular weight is 432 g/mol. The second-order valence-electron chi connectivity index (χ2n) is 6.75. The summed E-state index contributed by atoms with van der Waals surface area (Å²) < 4.78 is 5.35. The number of hydrogen-bond donors (Lipinski definition) is 0. The van der Waals surface area contributed by atoms with E-state index >= 15 is 0 Å². The van der Waals surface area contributed by atoms with Crippen LogP contribution in [0.4, 0.5) is 22.7 Å². The Morgan fingerprint density at radius 2 is 1.59 bits per heavy atom. The number of nitro benzene ring substituents is 1. The molecule has 0 aromatic heterocycles. The third-order valence-corrected chi connectivity index (χ3v) is 4.61. The molecule has 0 fully saturated rings. The highest BCUT2D eigenvalue weighted by atomic mass is 16.6. The molecule has 0 atom stereocenters. The summed E-state index contributed by atoms with van der Waals surface area (Å²) in [5, 5.41) is 18.9. The number of ether oxygens (including phenoxy) is 1. The SMILES string of the molecule is C#CCC(CC#C)C(=O)OCCN(CC)c1ccc(N=Nc2ccc([N+](=O)[O-])cc2)cc1. The number of nitro groups is 1. The van der Waals surface area contributed by atoms with E-state index in [1.165, 1.54) is 24.3 Å². The molecular formula is C24H24N4O4. The topological polar surface area (TPSA) is 97.4 Å². The number of benzene rings is 2. The van der Waals surface area contributed by atoms with Crippen molar-refractivity contribution in [2.24, 2.45) is 16.1 Å². The van der Waals surface area contributed by atoms with E-state index in [4.69, 9.17) is 17.6 Å². The van der Waals surface area contributed by atoms with Gasteiger partial charge in [0.05, 0.1) is 28.8 Å². The number of esters is 1. The molecule has 0 N–H and O–H groups in total. The Morgan fingerprint density at radius 3 is 2.06 bits per heavy atom. The highest BCUT2D eigenvalue weighted by Crippen LogP contribution is 2.23. The molecule has 0 aliphatic carbocycles. The fourth-order valence-corrected chi connectivity index (χ4v) is 2.85. The average Bonchev–Trinajstić information content (AvgIpc) is 2.81. The van der Waals surface area contributed by atoms with E-state index in [1.54, 1.807) is 0 Å². The molecule has 2 rings (SSSR count). The number of carbonyl (C=O) groups excluding carboxylic acids is 1. The van der Waals surface area contributed by atoms with Crippen LogP contribution >= 0.6 is 0 Å². The smallest absolute Gasteiger partial charge is 0.310 e. The molecule has 0 heterocycles. The van der Waals surface area contributed by atoms with E-state index in [1.807, 2.05) is 31.2 Å². The first-order valence-corrected chi connectivity index (χ1v) is 10.0. The van der Waals surface area contributed by atoms with Gasteiger partial charge in [0.15, 0.2) is 0 Å². The summed E-state index contributed by atoms with van der Waals surface area (Å²) in [5.74, 6) is 4.06. The highest BCUT2D eigenvalue weighted by Gasteiger charge is 2.18. The molecule has 0 saturated carbocycles. The quantitative estimate of drug-likeness (QED) is 0.163. The lowest BCUT2D eigenvalue weighted by molar-refractivity contribution is -0.384. The van der Waals surface area contributed by atoms with Crippen molar-refractivity contribution >= 4 is 28.7 Å². The van der Waals surface area contributed by atoms with Gasteiger partial charge in [0.2, 0.25) is 0 Å². The predicted molar refractivity (Wildman–Crippen MR) is 123 cm³/mol. The van der Waals surface area contributed by atoms with Crippen molar-refractivity contribution in [1.29, 1.82) is 0 Å². The van der Waals surface area contributed by atoms with Gasteiger partial charge < -0.3 is 9.64 Å². The van der Waals surface area contributed by atoms with Crippen LogP contribution in [0.3, 0.4) is 0 Å². The van der Waals surface area contributed by atoms with Gasteiger partial charge in [-0.3, -0.25) is 14.9 Å². The molecule has 0 aliphatic heterocycles. The van der Waals surface area contributed by atoms with Crippen LogP contribution in [0.25, 0.3) is 0 Å². The second kappa shape index (κ2) is 12.5. The van der Waals surface area contributed by atoms with Crippen molar-refractivity contribution in [2.45, 2.75) is 19.8 Å². The second-order valence-corrected chi connectivity index (χ2v) is 6.75. The third kappa shape index (κ3) is 7.26. The fraction of sp³-hybridized carbons (Fsp3) is 0.292. The van der Waals surface area contributed by atoms with Crippen molar-refractivity contribution in [1.82, 2.24) is 0 Å². The first-order chi connectivity index (χ1) is 15.5. The number of azo groups is 1. The van der Waals surface area contributed by atoms with Crippen LogP contribution in [-0.4, -0.2) is 30.6 Å². The first-order valence-electron chi connectivity index (χ1n) is 10.0. The lowest BCUT2D eigenvalue weighted by atomic mass is 10.0. The standard InChI is InChI=1S/C24H24N4O4/c1-4-7-19(8-5-2)24(29)32-18-17-27(6-3)22-13-9-20(10-14-22)25-26-21-11-15-23(16-12-21)28(30)31/h1-2,9-16,19H,6-8,17-18H2,3H3. The summed E-state index contributed by atoms with van der Waals surface area (Å²) in [4.78, 5) is 24.4. The third-order valence-electron chi connectivity index (χ3n) is 4.61. The zero-order chi connectivity index (χ0) is 23.3. The van der Waals surface area contributed by atoms with Crippen molar-refractivity contribution < 1.29 is 14.5 Å². The highest BCUT2D eigenvalue weighted by molar-refractivity contribution is 5.73. The number of anilines is 1. The van der Waals surface area contributed by atoms with E-state index in [0.29, 0.717) is 17.9 Å². The van der Waals surface area contributed by atoms with Gasteiger partial charge in [-0.15, -0.1) is 24.7 Å². The molecule has 8 heteroatoms. The molecule has 8 nitrogen and oxygen atoms in total. The zero-order valence-electron chi connectivity index (χ0n) is 17.8. The number of non-ortho nitro benzene ring substituents is 1. The monoisotopic (exact) mass is 432 g/mol. The molecule has 32 heavy (non-hydrogen) atoms. The lowest BCUT2D eigenvalue weighted by Gasteiger charge is -2.23. The molecule has 0 saturated heterocycles. The summed E-state index contributed by atoms with van der Waals surface area (Å²) in [6.07, 6.45) is 11.1. The maximum atomic E-state index is 12.1. The number of rotatable bonds is 11. The van der Waals surface area contributed by atoms with Crippen molar-refractivity contribution in [3.63, 3.8) is 0 Å². The molecule has 0 radical (unpaired) electrons. The summed E-state index contributed by atoms with van der Waals surface area (Å²) in [5.41, 5.74) is 2.11. The van der Waals surface area contributed by atoms with E-state index in [0.717, 1.165) is 12.2 Å². The Bertz CT molecular complexity index is 1000. The molecule has 0 aliphatic rings. The van der Waals surface area contributed by atoms with Crippen LogP contribution in [0.2, 0.25) is 0 Å². The zero-order valence-corrected chi connectivity index (χ0v) is 17.8. The van der Waals surface area contributed by atoms with Gasteiger partial charge in [-0.25, -0.2) is 0 Å². The van der Waals surface area contributed by atoms with E-state index in [-0.39, 0.29) is 31.1 Å². The fourth-order valence-electron chi connectivity index (χ4n) is 2.85. The summed E-state index contributed by atoms with van der Waals surface area (Å²) >= 11 is 0. The number of nitrogens with zero attached hydrogens (tertiary/aromatic N) is 4. The minimum absolute atomic E-state index is 0.00116. The maximum absolute atomic E-state index is 12.1. The maximum Gasteiger partial charge on any atom is 0.310 e. The van der Waals surface area contributed by atoms with E-state index in [9.17, 15) is 14.9 Å². The minimum Gasteiger partial charge on any atom is -0.464 e. The minimum atomic E-state index is -0.472. The Labute approximate surface area is 187 Å². The largest absolute Gasteiger partial charge is 0.464 e. The van der Waals surface area contributed by atoms with Crippen LogP contribution in [0, 0.1) is 40.7 Å². The molecule has 0 spiro atoms. The van der Waals surface area contributed by atoms with E-state index < -0.39 is 10.8 Å².